The van der Waals surface area contributed by atoms with Crippen LogP contribution in [0.1, 0.15) is 81.1 Å². The molecule has 0 bridgehead atoms. The van der Waals surface area contributed by atoms with Gasteiger partial charge in [0.15, 0.2) is 0 Å². The third kappa shape index (κ3) is 11.6. The Morgan fingerprint density at radius 2 is 0.792 bits per heavy atom. The Hall–Kier alpha value is 1.06. The van der Waals surface area contributed by atoms with Gasteiger partial charge in [0.25, 0.3) is 28.3 Å². The van der Waals surface area contributed by atoms with Gasteiger partial charge in [0.1, 0.15) is 0 Å². The van der Waals surface area contributed by atoms with E-state index in [1.165, 1.54) is 46.8 Å². The van der Waals surface area contributed by atoms with Gasteiger partial charge < -0.3 is 0 Å². The van der Waals surface area contributed by atoms with E-state index in [4.69, 9.17) is 0 Å². The molecular weight excluding hydrogens is 318 g/mol. The zero-order chi connectivity index (χ0) is 18.5. The van der Waals surface area contributed by atoms with Crippen LogP contribution in [0.3, 0.4) is 0 Å². The molecule has 0 radical (unpaired) electrons. The highest BCUT2D eigenvalue weighted by molar-refractivity contribution is 6.59. The molecule has 0 aromatic rings. The molecule has 0 aliphatic heterocycles. The van der Waals surface area contributed by atoms with Crippen molar-refractivity contribution in [3.63, 3.8) is 0 Å². The van der Waals surface area contributed by atoms with Gasteiger partial charge in [-0.05, 0) is 11.8 Å². The van der Waals surface area contributed by atoms with Crippen LogP contribution in [0.2, 0.25) is 31.7 Å². The van der Waals surface area contributed by atoms with Crippen LogP contribution in [0.15, 0.2) is 0 Å². The van der Waals surface area contributed by atoms with E-state index in [-0.39, 0.29) is 0 Å². The Balaban J connectivity index is 5.08. The minimum Gasteiger partial charge on any atom is -0.0967 e. The van der Waals surface area contributed by atoms with Gasteiger partial charge in [0, 0.05) is 0 Å². The number of hydrogen-bond donors (Lipinski definition) is 0. The fraction of sp³-hybridized carbons (Fsp3) is 1.00. The smallest absolute Gasteiger partial charge is 0.0967 e. The van der Waals surface area contributed by atoms with Gasteiger partial charge in [-0.1, -0.05) is 125 Å². The van der Waals surface area contributed by atoms with Gasteiger partial charge in [0.05, 0.1) is 0 Å². The molecule has 142 valence electrons. The van der Waals surface area contributed by atoms with E-state index >= 15 is 0 Å². The van der Waals surface area contributed by atoms with Crippen LogP contribution in [0.4, 0.5) is 0 Å². The minimum absolute atomic E-state index is 0.466. The molecule has 0 fully saturated rings. The van der Waals surface area contributed by atoms with Gasteiger partial charge in [0.2, 0.25) is 0 Å². The standard InChI is InChI=1S/C14H28.4C2H5.2Al/c1-11(2)7-9-13(5)14(6)10-8-12(3)4;4*1-2;;/h11-14H,5-10H2,1-4H3;4*1H2,2H3;;/t13-,14-;;;;;;/m0....../s1. The maximum Gasteiger partial charge on any atom is 0.261 e. The summed E-state index contributed by atoms with van der Waals surface area (Å²) in [7, 11) is 0. The van der Waals surface area contributed by atoms with E-state index in [0.29, 0.717) is 0 Å². The fourth-order valence-electron chi connectivity index (χ4n) is 4.29. The van der Waals surface area contributed by atoms with E-state index in [1.807, 2.05) is 0 Å². The third-order valence-electron chi connectivity index (χ3n) is 6.48. The first-order valence-electron chi connectivity index (χ1n) is 11.4. The molecule has 0 spiro atoms. The van der Waals surface area contributed by atoms with Gasteiger partial charge >= 0.3 is 0 Å². The molecular formula is C22H48Al2. The van der Waals surface area contributed by atoms with E-state index in [0.717, 1.165) is 23.7 Å². The molecule has 0 saturated carbocycles. The molecule has 0 heterocycles. The molecule has 2 atom stereocenters. The van der Waals surface area contributed by atoms with Crippen molar-refractivity contribution in [2.75, 3.05) is 0 Å². The first-order valence-corrected chi connectivity index (χ1v) is 16.3. The van der Waals surface area contributed by atoms with Crippen molar-refractivity contribution in [3.8, 4) is 0 Å². The zero-order valence-electron chi connectivity index (χ0n) is 18.5. The van der Waals surface area contributed by atoms with E-state index in [2.05, 4.69) is 55.4 Å². The van der Waals surface area contributed by atoms with Gasteiger partial charge in [-0.15, -0.1) is 0 Å². The topological polar surface area (TPSA) is 0 Å². The minimum atomic E-state index is -0.466. The van der Waals surface area contributed by atoms with E-state index in [1.54, 1.807) is 10.6 Å². The summed E-state index contributed by atoms with van der Waals surface area (Å²) in [5.41, 5.74) is 0. The van der Waals surface area contributed by atoms with E-state index < -0.39 is 28.3 Å². The lowest BCUT2D eigenvalue weighted by Crippen LogP contribution is -2.26. The highest BCUT2D eigenvalue weighted by atomic mass is 27.2. The van der Waals surface area contributed by atoms with Gasteiger partial charge in [-0.25, -0.2) is 0 Å². The Bertz CT molecular complexity index is 239. The summed E-state index contributed by atoms with van der Waals surface area (Å²) in [5, 5.41) is 9.39. The summed E-state index contributed by atoms with van der Waals surface area (Å²) < 4.78 is 0. The van der Waals surface area contributed by atoms with Crippen molar-refractivity contribution < 1.29 is 0 Å². The maximum atomic E-state index is 2.47. The highest BCUT2D eigenvalue weighted by Crippen LogP contribution is 2.35. The first-order chi connectivity index (χ1) is 11.4. The van der Waals surface area contributed by atoms with Crippen LogP contribution in [-0.4, -0.2) is 28.3 Å². The third-order valence-corrected chi connectivity index (χ3v) is 13.6. The number of hydrogen-bond acceptors (Lipinski definition) is 0. The van der Waals surface area contributed by atoms with Crippen molar-refractivity contribution in [2.45, 2.75) is 113 Å². The maximum absolute atomic E-state index is 2.47. The summed E-state index contributed by atoms with van der Waals surface area (Å²) in [6.07, 6.45) is 5.97. The molecule has 2 heteroatoms. The Kier molecular flexibility index (Phi) is 15.8. The van der Waals surface area contributed by atoms with Crippen LogP contribution in [0.5, 0.6) is 0 Å². The summed E-state index contributed by atoms with van der Waals surface area (Å²) in [6, 6.07) is 0. The van der Waals surface area contributed by atoms with Crippen LogP contribution < -0.4 is 0 Å². The predicted octanol–water partition coefficient (Wildman–Crippen LogP) is 8.16. The molecule has 0 aliphatic carbocycles. The molecule has 0 unspecified atom stereocenters. The Morgan fingerprint density at radius 3 is 1.00 bits per heavy atom. The lowest BCUT2D eigenvalue weighted by molar-refractivity contribution is 0.300. The largest absolute Gasteiger partial charge is 0.261 e. The quantitative estimate of drug-likeness (QED) is 0.256. The van der Waals surface area contributed by atoms with Crippen molar-refractivity contribution in [2.24, 2.45) is 23.7 Å². The summed E-state index contributed by atoms with van der Waals surface area (Å²) in [5.74, 6) is 3.89. The fourth-order valence-corrected chi connectivity index (χ4v) is 9.73. The van der Waals surface area contributed by atoms with Crippen molar-refractivity contribution >= 4 is 28.3 Å². The molecule has 0 N–H and O–H groups in total. The van der Waals surface area contributed by atoms with Crippen molar-refractivity contribution in [3.05, 3.63) is 0 Å². The van der Waals surface area contributed by atoms with Crippen molar-refractivity contribution in [1.29, 1.82) is 0 Å². The average molecular weight is 367 g/mol. The van der Waals surface area contributed by atoms with Gasteiger partial charge in [-0.3, -0.25) is 0 Å². The predicted molar refractivity (Wildman–Crippen MR) is 118 cm³/mol. The molecule has 0 rings (SSSR count). The van der Waals surface area contributed by atoms with Crippen LogP contribution in [0, 0.1) is 23.7 Å². The highest BCUT2D eigenvalue weighted by Gasteiger charge is 2.29. The summed E-state index contributed by atoms with van der Waals surface area (Å²) in [4.78, 5) is 0. The second-order valence-corrected chi connectivity index (χ2v) is 17.0. The molecule has 0 aliphatic rings. The van der Waals surface area contributed by atoms with Crippen LogP contribution in [0.25, 0.3) is 0 Å². The molecule has 0 saturated heterocycles. The second kappa shape index (κ2) is 15.2. The van der Waals surface area contributed by atoms with Crippen LogP contribution >= 0.6 is 0 Å². The zero-order valence-corrected chi connectivity index (χ0v) is 20.8. The number of rotatable bonds is 15. The molecule has 0 amide bonds. The van der Waals surface area contributed by atoms with Crippen molar-refractivity contribution in [1.82, 2.24) is 0 Å². The molecule has 0 aromatic heterocycles. The second-order valence-electron chi connectivity index (χ2n) is 9.30. The SMILES string of the molecule is C[CH2][Al]([CH2]C)[CH2][C@@H](CCC(C)C)[C@H](CCC(C)C)[CH2][Al]([CH2]C)[CH2]C. The summed E-state index contributed by atoms with van der Waals surface area (Å²) in [6.45, 7) is 19.6. The molecule has 24 heavy (non-hydrogen) atoms. The first kappa shape index (κ1) is 25.1. The monoisotopic (exact) mass is 366 g/mol. The molecule has 0 nitrogen and oxygen atoms in total. The molecule has 0 aromatic carbocycles. The Labute approximate surface area is 164 Å². The van der Waals surface area contributed by atoms with Gasteiger partial charge in [-0.2, -0.15) is 0 Å². The van der Waals surface area contributed by atoms with Crippen LogP contribution in [-0.2, 0) is 0 Å². The normalized spacial score (nSPS) is 14.2. The Morgan fingerprint density at radius 1 is 0.500 bits per heavy atom. The lowest BCUT2D eigenvalue weighted by Gasteiger charge is -2.32. The average Bonchev–Trinajstić information content (AvgIpc) is 2.55. The van der Waals surface area contributed by atoms with E-state index in [9.17, 15) is 0 Å². The summed E-state index contributed by atoms with van der Waals surface area (Å²) >= 11 is -0.933. The lowest BCUT2D eigenvalue weighted by atomic mass is 9.84.